The molecule has 0 aliphatic carbocycles. The molecule has 11 nitrogen and oxygen atoms in total. The van der Waals surface area contributed by atoms with Gasteiger partial charge in [-0.3, -0.25) is 4.57 Å². The van der Waals surface area contributed by atoms with Crippen molar-refractivity contribution in [1.82, 2.24) is 4.72 Å². The summed E-state index contributed by atoms with van der Waals surface area (Å²) >= 11 is 0. The third kappa shape index (κ3) is 6.03. The Morgan fingerprint density at radius 3 is 2.60 bits per heavy atom. The molecular formula is C17H25N2O9PS. The number of nitrogens with one attached hydrogen (secondary N) is 1. The summed E-state index contributed by atoms with van der Waals surface area (Å²) in [5.41, 5.74) is 2.22. The van der Waals surface area contributed by atoms with E-state index >= 15 is 0 Å². The van der Waals surface area contributed by atoms with Crippen molar-refractivity contribution >= 4 is 23.8 Å². The number of phenolic OH excluding ortho intramolecular Hbond substituents is 1. The lowest BCUT2D eigenvalue weighted by atomic mass is 9.94. The summed E-state index contributed by atoms with van der Waals surface area (Å²) in [6.07, 6.45) is 1.00. The molecule has 0 fully saturated rings. The van der Waals surface area contributed by atoms with E-state index in [-0.39, 0.29) is 30.8 Å². The maximum Gasteiger partial charge on any atom is 0.342 e. The van der Waals surface area contributed by atoms with Crippen LogP contribution in [0.4, 0.5) is 0 Å². The van der Waals surface area contributed by atoms with Crippen LogP contribution in [-0.2, 0) is 32.5 Å². The average molecular weight is 464 g/mol. The number of methoxy groups -OCH3 is 1. The van der Waals surface area contributed by atoms with Crippen LogP contribution in [0.3, 0.4) is 0 Å². The zero-order valence-corrected chi connectivity index (χ0v) is 18.4. The number of nitrogens with two attached hydrogens (primary N) is 1. The molecule has 168 valence electrons. The number of carbonyl (C=O) groups excluding carboxylic acids is 1. The Kier molecular flexibility index (Phi) is 7.33. The van der Waals surface area contributed by atoms with Crippen molar-refractivity contribution in [3.63, 3.8) is 0 Å². The SMILES string of the molecule is COc1c(C)c2c(c(O)c1CC=C(C)CC(CP(=O)(O)O)NS(N)(=O)=O)C(=O)OC2. The summed E-state index contributed by atoms with van der Waals surface area (Å²) in [5.74, 6) is -0.495. The van der Waals surface area contributed by atoms with Crippen LogP contribution in [0.15, 0.2) is 11.6 Å². The minimum absolute atomic E-state index is 0.0312. The number of esters is 1. The van der Waals surface area contributed by atoms with Crippen LogP contribution in [-0.4, -0.2) is 48.6 Å². The van der Waals surface area contributed by atoms with Gasteiger partial charge in [0.05, 0.1) is 13.3 Å². The normalized spacial score (nSPS) is 15.7. The fraction of sp³-hybridized carbons (Fsp3) is 0.471. The standard InChI is InChI=1S/C17H25N2O9PS/c1-9(6-11(8-29(22,23)24)19-30(18,25)26)4-5-12-15(20)14-13(7-28-17(14)21)10(2)16(12)27-3/h4,11,19-20H,5-8H2,1-3H3,(H2,18,25,26)(H2,22,23,24). The van der Waals surface area contributed by atoms with Gasteiger partial charge in [-0.2, -0.15) is 13.1 Å². The molecule has 0 spiro atoms. The lowest BCUT2D eigenvalue weighted by Gasteiger charge is -2.19. The summed E-state index contributed by atoms with van der Waals surface area (Å²) in [7, 11) is -7.25. The molecule has 1 unspecified atom stereocenters. The zero-order valence-electron chi connectivity index (χ0n) is 16.7. The van der Waals surface area contributed by atoms with E-state index in [1.807, 2.05) is 4.72 Å². The van der Waals surface area contributed by atoms with Crippen molar-refractivity contribution in [2.45, 2.75) is 39.3 Å². The van der Waals surface area contributed by atoms with Crippen LogP contribution in [0, 0.1) is 6.92 Å². The van der Waals surface area contributed by atoms with E-state index in [1.165, 1.54) is 7.11 Å². The molecule has 1 heterocycles. The van der Waals surface area contributed by atoms with Crippen molar-refractivity contribution in [2.75, 3.05) is 13.3 Å². The van der Waals surface area contributed by atoms with E-state index in [0.29, 0.717) is 28.0 Å². The van der Waals surface area contributed by atoms with Crippen molar-refractivity contribution in [3.8, 4) is 11.5 Å². The van der Waals surface area contributed by atoms with E-state index in [0.717, 1.165) is 0 Å². The quantitative estimate of drug-likeness (QED) is 0.198. The first-order valence-electron chi connectivity index (χ1n) is 8.82. The highest BCUT2D eigenvalue weighted by molar-refractivity contribution is 7.87. The maximum atomic E-state index is 12.0. The second-order valence-corrected chi connectivity index (χ2v) is 10.1. The first-order valence-corrected chi connectivity index (χ1v) is 12.2. The van der Waals surface area contributed by atoms with Gasteiger partial charge in [0.15, 0.2) is 0 Å². The van der Waals surface area contributed by atoms with Gasteiger partial charge in [0, 0.05) is 17.2 Å². The summed E-state index contributed by atoms with van der Waals surface area (Å²) in [6.45, 7) is 3.42. The molecular weight excluding hydrogens is 439 g/mol. The molecule has 1 atom stereocenters. The third-order valence-corrected chi connectivity index (χ3v) is 6.24. The summed E-state index contributed by atoms with van der Waals surface area (Å²) in [4.78, 5) is 30.3. The van der Waals surface area contributed by atoms with Gasteiger partial charge in [-0.15, -0.1) is 0 Å². The van der Waals surface area contributed by atoms with Crippen molar-refractivity contribution in [2.24, 2.45) is 5.14 Å². The van der Waals surface area contributed by atoms with Crippen LogP contribution >= 0.6 is 7.60 Å². The number of fused-ring (bicyclic) bond motifs is 1. The highest BCUT2D eigenvalue weighted by atomic mass is 32.2. The molecule has 0 saturated carbocycles. The first kappa shape index (κ1) is 24.3. The van der Waals surface area contributed by atoms with Crippen LogP contribution in [0.2, 0.25) is 0 Å². The van der Waals surface area contributed by atoms with Gasteiger partial charge in [-0.1, -0.05) is 11.6 Å². The van der Waals surface area contributed by atoms with Crippen LogP contribution in [0.1, 0.15) is 40.4 Å². The molecule has 6 N–H and O–H groups in total. The van der Waals surface area contributed by atoms with Crippen LogP contribution in [0.25, 0.3) is 0 Å². The van der Waals surface area contributed by atoms with E-state index in [4.69, 9.17) is 14.6 Å². The third-order valence-electron chi connectivity index (χ3n) is 4.66. The number of hydrogen-bond acceptors (Lipinski definition) is 7. The second-order valence-electron chi connectivity index (χ2n) is 7.08. The number of phenols is 1. The predicted molar refractivity (Wildman–Crippen MR) is 108 cm³/mol. The van der Waals surface area contributed by atoms with Gasteiger partial charge in [0.2, 0.25) is 0 Å². The van der Waals surface area contributed by atoms with E-state index in [2.05, 4.69) is 0 Å². The molecule has 30 heavy (non-hydrogen) atoms. The molecule has 13 heteroatoms. The number of ether oxygens (including phenoxy) is 2. The highest BCUT2D eigenvalue weighted by Gasteiger charge is 2.32. The van der Waals surface area contributed by atoms with Crippen LogP contribution < -0.4 is 14.6 Å². The molecule has 1 aliphatic heterocycles. The Morgan fingerprint density at radius 1 is 1.43 bits per heavy atom. The molecule has 1 aromatic rings. The summed E-state index contributed by atoms with van der Waals surface area (Å²) in [5, 5.41) is 15.5. The minimum atomic E-state index is -4.51. The average Bonchev–Trinajstić information content (AvgIpc) is 2.95. The molecule has 0 amide bonds. The number of hydrogen-bond donors (Lipinski definition) is 5. The number of aromatic hydroxyl groups is 1. The van der Waals surface area contributed by atoms with Gasteiger partial charge in [-0.25, -0.2) is 9.93 Å². The fourth-order valence-electron chi connectivity index (χ4n) is 3.44. The van der Waals surface area contributed by atoms with Gasteiger partial charge in [-0.05, 0) is 32.3 Å². The zero-order chi connectivity index (χ0) is 22.9. The number of carbonyl (C=O) groups is 1. The van der Waals surface area contributed by atoms with Gasteiger partial charge in [0.1, 0.15) is 23.7 Å². The van der Waals surface area contributed by atoms with Crippen LogP contribution in [0.5, 0.6) is 11.5 Å². The minimum Gasteiger partial charge on any atom is -0.507 e. The molecule has 0 bridgehead atoms. The lowest BCUT2D eigenvalue weighted by molar-refractivity contribution is 0.0532. The number of benzene rings is 1. The summed E-state index contributed by atoms with van der Waals surface area (Å²) in [6, 6.07) is -1.12. The van der Waals surface area contributed by atoms with Crippen molar-refractivity contribution in [1.29, 1.82) is 0 Å². The lowest BCUT2D eigenvalue weighted by Crippen LogP contribution is -2.41. The fourth-order valence-corrected chi connectivity index (χ4v) is 4.99. The van der Waals surface area contributed by atoms with Crippen molar-refractivity contribution in [3.05, 3.63) is 33.9 Å². The molecule has 0 aromatic heterocycles. The Morgan fingerprint density at radius 2 is 2.07 bits per heavy atom. The molecule has 2 rings (SSSR count). The number of allylic oxidation sites excluding steroid dienone is 1. The number of rotatable bonds is 9. The second kappa shape index (κ2) is 9.04. The van der Waals surface area contributed by atoms with Crippen molar-refractivity contribution < 1.29 is 42.1 Å². The summed E-state index contributed by atoms with van der Waals surface area (Å²) < 4.78 is 46.3. The maximum absolute atomic E-state index is 12.0. The Hall–Kier alpha value is -1.95. The predicted octanol–water partition coefficient (Wildman–Crippen LogP) is 0.598. The van der Waals surface area contributed by atoms with E-state index < -0.39 is 36.0 Å². The first-order chi connectivity index (χ1) is 13.7. The highest BCUT2D eigenvalue weighted by Crippen LogP contribution is 2.42. The molecule has 1 aromatic carbocycles. The monoisotopic (exact) mass is 464 g/mol. The van der Waals surface area contributed by atoms with Gasteiger partial charge in [0.25, 0.3) is 10.2 Å². The van der Waals surface area contributed by atoms with Gasteiger partial charge < -0.3 is 24.4 Å². The van der Waals surface area contributed by atoms with Gasteiger partial charge >= 0.3 is 13.6 Å². The topological polar surface area (TPSA) is 185 Å². The Balaban J connectivity index is 2.31. The molecule has 1 aliphatic rings. The largest absolute Gasteiger partial charge is 0.507 e. The Labute approximate surface area is 174 Å². The number of cyclic esters (lactones) is 1. The molecule has 0 saturated heterocycles. The van der Waals surface area contributed by atoms with E-state index in [1.54, 1.807) is 19.9 Å². The Bertz CT molecular complexity index is 1030. The smallest absolute Gasteiger partial charge is 0.342 e. The van der Waals surface area contributed by atoms with E-state index in [9.17, 15) is 32.7 Å². The molecule has 0 radical (unpaired) electrons.